The third-order valence-electron chi connectivity index (χ3n) is 3.17. The fraction of sp³-hybridized carbons (Fsp3) is 0.750. The van der Waals surface area contributed by atoms with Gasteiger partial charge in [-0.05, 0) is 18.3 Å². The molecule has 3 N–H and O–H groups in total. The first-order valence-corrected chi connectivity index (χ1v) is 5.54. The minimum atomic E-state index is -0.556. The predicted molar refractivity (Wildman–Crippen MR) is 61.0 cm³/mol. The Balaban J connectivity index is 2.30. The molecule has 1 aliphatic carbocycles. The number of hydrogen-bond donors (Lipinski definition) is 2. The van der Waals surface area contributed by atoms with Crippen molar-refractivity contribution in [2.45, 2.75) is 45.1 Å². The lowest BCUT2D eigenvalue weighted by molar-refractivity contribution is -0.122. The Bertz CT molecular complexity index is 261. The lowest BCUT2D eigenvalue weighted by Gasteiger charge is -2.24. The van der Waals surface area contributed by atoms with E-state index in [1.807, 2.05) is 0 Å². The van der Waals surface area contributed by atoms with Crippen LogP contribution in [0.25, 0.3) is 0 Å². The summed E-state index contributed by atoms with van der Waals surface area (Å²) >= 11 is 0. The minimum absolute atomic E-state index is 0.124. The summed E-state index contributed by atoms with van der Waals surface area (Å²) in [5.41, 5.74) is 5.87. The lowest BCUT2D eigenvalue weighted by atomic mass is 9.89. The Hall–Kier alpha value is -1.01. The molecular formula is C12H20N2O. The van der Waals surface area contributed by atoms with Gasteiger partial charge >= 0.3 is 0 Å². The van der Waals surface area contributed by atoms with Gasteiger partial charge in [-0.25, -0.2) is 0 Å². The van der Waals surface area contributed by atoms with Gasteiger partial charge in [0.25, 0.3) is 0 Å². The number of terminal acetylenes is 1. The zero-order valence-corrected chi connectivity index (χ0v) is 9.38. The average molecular weight is 208 g/mol. The van der Waals surface area contributed by atoms with Gasteiger partial charge in [0, 0.05) is 13.0 Å². The van der Waals surface area contributed by atoms with Crippen LogP contribution in [0, 0.1) is 17.8 Å². The Morgan fingerprint density at radius 1 is 1.60 bits per heavy atom. The van der Waals surface area contributed by atoms with Crippen LogP contribution in [0.15, 0.2) is 0 Å². The summed E-state index contributed by atoms with van der Waals surface area (Å²) in [6, 6.07) is -0.556. The molecule has 0 heterocycles. The van der Waals surface area contributed by atoms with Gasteiger partial charge in [0.1, 0.15) is 0 Å². The number of nitrogens with one attached hydrogen (secondary N) is 1. The fourth-order valence-corrected chi connectivity index (χ4v) is 2.06. The van der Waals surface area contributed by atoms with Crippen molar-refractivity contribution < 1.29 is 4.79 Å². The lowest BCUT2D eigenvalue weighted by Crippen LogP contribution is -2.44. The molecule has 0 radical (unpaired) electrons. The number of amides is 1. The third kappa shape index (κ3) is 3.56. The fourth-order valence-electron chi connectivity index (χ4n) is 2.06. The van der Waals surface area contributed by atoms with Crippen LogP contribution in [-0.4, -0.2) is 18.5 Å². The maximum Gasteiger partial charge on any atom is 0.237 e. The molecule has 1 amide bonds. The van der Waals surface area contributed by atoms with Gasteiger partial charge in [0.15, 0.2) is 0 Å². The van der Waals surface area contributed by atoms with E-state index in [-0.39, 0.29) is 11.3 Å². The van der Waals surface area contributed by atoms with E-state index in [0.29, 0.717) is 6.42 Å². The molecule has 84 valence electrons. The van der Waals surface area contributed by atoms with Gasteiger partial charge in [-0.1, -0.05) is 19.8 Å². The van der Waals surface area contributed by atoms with Crippen LogP contribution in [0.5, 0.6) is 0 Å². The minimum Gasteiger partial charge on any atom is -0.354 e. The highest BCUT2D eigenvalue weighted by Crippen LogP contribution is 2.36. The first-order chi connectivity index (χ1) is 7.07. The smallest absolute Gasteiger partial charge is 0.237 e. The number of carbonyl (C=O) groups is 1. The van der Waals surface area contributed by atoms with Crippen molar-refractivity contribution in [3.05, 3.63) is 0 Å². The summed E-state index contributed by atoms with van der Waals surface area (Å²) in [4.78, 5) is 11.5. The van der Waals surface area contributed by atoms with E-state index >= 15 is 0 Å². The van der Waals surface area contributed by atoms with E-state index in [2.05, 4.69) is 18.2 Å². The molecule has 1 rings (SSSR count). The SMILES string of the molecule is C#CCC(N)C(=O)NCC1(C)CCCC1. The van der Waals surface area contributed by atoms with E-state index in [4.69, 9.17) is 12.2 Å². The molecule has 3 nitrogen and oxygen atoms in total. The topological polar surface area (TPSA) is 55.1 Å². The van der Waals surface area contributed by atoms with Crippen LogP contribution in [0.1, 0.15) is 39.0 Å². The quantitative estimate of drug-likeness (QED) is 0.678. The second-order valence-electron chi connectivity index (χ2n) is 4.75. The van der Waals surface area contributed by atoms with Crippen molar-refractivity contribution in [1.29, 1.82) is 0 Å². The number of hydrogen-bond acceptors (Lipinski definition) is 2. The molecule has 15 heavy (non-hydrogen) atoms. The van der Waals surface area contributed by atoms with E-state index in [0.717, 1.165) is 6.54 Å². The van der Waals surface area contributed by atoms with Gasteiger partial charge in [0.2, 0.25) is 5.91 Å². The zero-order chi connectivity index (χ0) is 11.3. The molecule has 1 unspecified atom stereocenters. The van der Waals surface area contributed by atoms with Crippen LogP contribution < -0.4 is 11.1 Å². The first kappa shape index (κ1) is 12.1. The molecular weight excluding hydrogens is 188 g/mol. The molecule has 0 bridgehead atoms. The van der Waals surface area contributed by atoms with Gasteiger partial charge in [0.05, 0.1) is 6.04 Å². The summed E-state index contributed by atoms with van der Waals surface area (Å²) in [5, 5.41) is 2.89. The number of carbonyl (C=O) groups excluding carboxylic acids is 1. The van der Waals surface area contributed by atoms with E-state index < -0.39 is 6.04 Å². The Morgan fingerprint density at radius 2 is 2.20 bits per heavy atom. The van der Waals surface area contributed by atoms with Crippen LogP contribution in [0.4, 0.5) is 0 Å². The highest BCUT2D eigenvalue weighted by atomic mass is 16.2. The summed E-state index contributed by atoms with van der Waals surface area (Å²) in [6.07, 6.45) is 10.3. The summed E-state index contributed by atoms with van der Waals surface area (Å²) in [6.45, 7) is 2.94. The van der Waals surface area contributed by atoms with Crippen LogP contribution in [0.3, 0.4) is 0 Å². The second kappa shape index (κ2) is 5.18. The van der Waals surface area contributed by atoms with Crippen molar-refractivity contribution >= 4 is 5.91 Å². The van der Waals surface area contributed by atoms with Crippen LogP contribution >= 0.6 is 0 Å². The maximum atomic E-state index is 11.5. The first-order valence-electron chi connectivity index (χ1n) is 5.54. The van der Waals surface area contributed by atoms with Crippen LogP contribution in [-0.2, 0) is 4.79 Å². The highest BCUT2D eigenvalue weighted by molar-refractivity contribution is 5.81. The normalized spacial score (nSPS) is 20.6. The molecule has 3 heteroatoms. The Morgan fingerprint density at radius 3 is 2.73 bits per heavy atom. The molecule has 1 fully saturated rings. The number of rotatable bonds is 4. The molecule has 0 aliphatic heterocycles. The van der Waals surface area contributed by atoms with Gasteiger partial charge in [-0.2, -0.15) is 0 Å². The van der Waals surface area contributed by atoms with Crippen molar-refractivity contribution in [3.63, 3.8) is 0 Å². The van der Waals surface area contributed by atoms with Crippen molar-refractivity contribution in [3.8, 4) is 12.3 Å². The van der Waals surface area contributed by atoms with Crippen LogP contribution in [0.2, 0.25) is 0 Å². The molecule has 0 spiro atoms. The Labute approximate surface area is 91.8 Å². The van der Waals surface area contributed by atoms with Crippen molar-refractivity contribution in [2.75, 3.05) is 6.54 Å². The molecule has 0 saturated heterocycles. The average Bonchev–Trinajstić information content (AvgIpc) is 2.63. The predicted octanol–water partition coefficient (Wildman–Crippen LogP) is 1.03. The van der Waals surface area contributed by atoms with Crippen molar-refractivity contribution in [1.82, 2.24) is 5.32 Å². The molecule has 1 aliphatic rings. The Kier molecular flexibility index (Phi) is 4.16. The van der Waals surface area contributed by atoms with Gasteiger partial charge < -0.3 is 11.1 Å². The molecule has 0 aromatic carbocycles. The molecule has 0 aromatic rings. The van der Waals surface area contributed by atoms with Crippen molar-refractivity contribution in [2.24, 2.45) is 11.1 Å². The second-order valence-corrected chi connectivity index (χ2v) is 4.75. The van der Waals surface area contributed by atoms with E-state index in [1.165, 1.54) is 25.7 Å². The van der Waals surface area contributed by atoms with E-state index in [9.17, 15) is 4.79 Å². The monoisotopic (exact) mass is 208 g/mol. The number of nitrogens with two attached hydrogens (primary N) is 1. The molecule has 0 aromatic heterocycles. The zero-order valence-electron chi connectivity index (χ0n) is 9.38. The van der Waals surface area contributed by atoms with E-state index in [1.54, 1.807) is 0 Å². The van der Waals surface area contributed by atoms with Gasteiger partial charge in [-0.15, -0.1) is 12.3 Å². The molecule has 1 saturated carbocycles. The highest BCUT2D eigenvalue weighted by Gasteiger charge is 2.29. The van der Waals surface area contributed by atoms with Gasteiger partial charge in [-0.3, -0.25) is 4.79 Å². The summed E-state index contributed by atoms with van der Waals surface area (Å²) < 4.78 is 0. The molecule has 1 atom stereocenters. The summed E-state index contributed by atoms with van der Waals surface area (Å²) in [5.74, 6) is 2.28. The maximum absolute atomic E-state index is 11.5. The third-order valence-corrected chi connectivity index (χ3v) is 3.17. The summed E-state index contributed by atoms with van der Waals surface area (Å²) in [7, 11) is 0. The largest absolute Gasteiger partial charge is 0.354 e. The standard InChI is InChI=1S/C12H20N2O/c1-3-6-10(13)11(15)14-9-12(2)7-4-5-8-12/h1,10H,4-9,13H2,2H3,(H,14,15).